The summed E-state index contributed by atoms with van der Waals surface area (Å²) in [6.45, 7) is 5.45. The summed E-state index contributed by atoms with van der Waals surface area (Å²) in [4.78, 5) is 31.5. The monoisotopic (exact) mass is 356 g/mol. The highest BCUT2D eigenvalue weighted by atomic mass is 16.2. The normalized spacial score (nSPS) is 25.1. The minimum atomic E-state index is -0.0332. The van der Waals surface area contributed by atoms with Gasteiger partial charge in [-0.2, -0.15) is 0 Å². The van der Waals surface area contributed by atoms with E-state index in [-0.39, 0.29) is 23.2 Å². The van der Waals surface area contributed by atoms with E-state index in [4.69, 9.17) is 0 Å². The number of nitrogens with zero attached hydrogens (tertiary/aromatic N) is 2. The number of carbonyl (C=O) groups excluding carboxylic acids is 2. The Labute approximate surface area is 154 Å². The Balaban J connectivity index is 1.27. The number of hydrogen-bond acceptors (Lipinski definition) is 4. The molecule has 1 aromatic rings. The van der Waals surface area contributed by atoms with Crippen molar-refractivity contribution in [2.24, 2.45) is 17.3 Å². The van der Waals surface area contributed by atoms with Crippen molar-refractivity contribution in [2.75, 3.05) is 31.5 Å². The average Bonchev–Trinajstić information content (AvgIpc) is 3.36. The lowest BCUT2D eigenvalue weighted by Gasteiger charge is -2.32. The average molecular weight is 356 g/mol. The quantitative estimate of drug-likeness (QED) is 0.868. The van der Waals surface area contributed by atoms with Crippen LogP contribution in [0.5, 0.6) is 0 Å². The predicted molar refractivity (Wildman–Crippen MR) is 99.6 cm³/mol. The minimum absolute atomic E-state index is 0.0229. The van der Waals surface area contributed by atoms with E-state index in [9.17, 15) is 9.59 Å². The standard InChI is InChI=1S/C20H28N4O2/c1-14-2-3-17(22-13-14)23-18(25)15-4-10-24(11-5-15)19(26)16-12-20(16)6-8-21-9-7-20/h2-3,13,15-16,21H,4-12H2,1H3,(H,22,23,25). The number of piperidine rings is 2. The molecule has 1 spiro atoms. The zero-order valence-electron chi connectivity index (χ0n) is 15.5. The van der Waals surface area contributed by atoms with Crippen molar-refractivity contribution in [3.63, 3.8) is 0 Å². The molecule has 4 rings (SSSR count). The van der Waals surface area contributed by atoms with E-state index >= 15 is 0 Å². The number of hydrogen-bond donors (Lipinski definition) is 2. The van der Waals surface area contributed by atoms with Gasteiger partial charge >= 0.3 is 0 Å². The number of amides is 2. The molecule has 1 aromatic heterocycles. The Bertz CT molecular complexity index is 674. The summed E-state index contributed by atoms with van der Waals surface area (Å²) in [5, 5.41) is 6.29. The van der Waals surface area contributed by atoms with Gasteiger partial charge in [0, 0.05) is 31.1 Å². The van der Waals surface area contributed by atoms with Crippen molar-refractivity contribution in [2.45, 2.75) is 39.0 Å². The molecule has 1 atom stereocenters. The Morgan fingerprint density at radius 3 is 2.62 bits per heavy atom. The summed E-state index contributed by atoms with van der Waals surface area (Å²) in [5.41, 5.74) is 1.36. The highest BCUT2D eigenvalue weighted by Gasteiger charge is 2.58. The maximum absolute atomic E-state index is 12.8. The molecule has 1 unspecified atom stereocenters. The van der Waals surface area contributed by atoms with Gasteiger partial charge in [-0.15, -0.1) is 0 Å². The van der Waals surface area contributed by atoms with Gasteiger partial charge in [0.1, 0.15) is 5.82 Å². The van der Waals surface area contributed by atoms with Crippen molar-refractivity contribution >= 4 is 17.6 Å². The van der Waals surface area contributed by atoms with E-state index in [1.165, 1.54) is 0 Å². The number of aryl methyl sites for hydroxylation is 1. The van der Waals surface area contributed by atoms with Crippen LogP contribution in [0.15, 0.2) is 18.3 Å². The highest BCUT2D eigenvalue weighted by molar-refractivity contribution is 5.92. The lowest BCUT2D eigenvalue weighted by molar-refractivity contribution is -0.136. The van der Waals surface area contributed by atoms with Crippen molar-refractivity contribution < 1.29 is 9.59 Å². The molecule has 0 radical (unpaired) electrons. The first-order chi connectivity index (χ1) is 12.6. The molecule has 1 aliphatic carbocycles. The van der Waals surface area contributed by atoms with E-state index in [0.717, 1.165) is 50.8 Å². The van der Waals surface area contributed by atoms with Gasteiger partial charge in [0.05, 0.1) is 0 Å². The first-order valence-corrected chi connectivity index (χ1v) is 9.80. The van der Waals surface area contributed by atoms with Gasteiger partial charge in [0.25, 0.3) is 0 Å². The zero-order chi connectivity index (χ0) is 18.1. The summed E-state index contributed by atoms with van der Waals surface area (Å²) in [7, 11) is 0. The summed E-state index contributed by atoms with van der Waals surface area (Å²) < 4.78 is 0. The van der Waals surface area contributed by atoms with Crippen LogP contribution in [0, 0.1) is 24.2 Å². The molecule has 1 saturated carbocycles. The van der Waals surface area contributed by atoms with Crippen molar-refractivity contribution in [3.8, 4) is 0 Å². The molecule has 2 saturated heterocycles. The molecule has 140 valence electrons. The molecule has 2 aliphatic heterocycles. The second kappa shape index (κ2) is 6.99. The van der Waals surface area contributed by atoms with Crippen molar-refractivity contribution in [1.29, 1.82) is 0 Å². The molecule has 2 N–H and O–H groups in total. The van der Waals surface area contributed by atoms with E-state index in [1.54, 1.807) is 6.20 Å². The van der Waals surface area contributed by atoms with Crippen LogP contribution in [0.25, 0.3) is 0 Å². The molecular weight excluding hydrogens is 328 g/mol. The molecule has 3 aliphatic rings. The summed E-state index contributed by atoms with van der Waals surface area (Å²) in [6.07, 6.45) is 6.56. The number of aromatic nitrogens is 1. The SMILES string of the molecule is Cc1ccc(NC(=O)C2CCN(C(=O)C3CC34CCNCC4)CC2)nc1. The molecular formula is C20H28N4O2. The van der Waals surface area contributed by atoms with Crippen LogP contribution in [0.3, 0.4) is 0 Å². The number of pyridine rings is 1. The lowest BCUT2D eigenvalue weighted by atomic mass is 9.90. The third kappa shape index (κ3) is 3.47. The van der Waals surface area contributed by atoms with Gasteiger partial charge in [0.15, 0.2) is 0 Å². The Hall–Kier alpha value is -1.95. The molecule has 2 amide bonds. The molecule has 0 aromatic carbocycles. The topological polar surface area (TPSA) is 74.3 Å². The van der Waals surface area contributed by atoms with E-state index in [0.29, 0.717) is 24.8 Å². The van der Waals surface area contributed by atoms with Crippen LogP contribution < -0.4 is 10.6 Å². The summed E-state index contributed by atoms with van der Waals surface area (Å²) in [5.74, 6) is 1.14. The van der Waals surface area contributed by atoms with E-state index in [2.05, 4.69) is 15.6 Å². The smallest absolute Gasteiger partial charge is 0.228 e. The molecule has 0 bridgehead atoms. The fourth-order valence-corrected chi connectivity index (χ4v) is 4.53. The van der Waals surface area contributed by atoms with Gasteiger partial charge in [-0.1, -0.05) is 6.07 Å². The zero-order valence-corrected chi connectivity index (χ0v) is 15.5. The number of likely N-dealkylation sites (tertiary alicyclic amines) is 1. The van der Waals surface area contributed by atoms with Crippen molar-refractivity contribution in [3.05, 3.63) is 23.9 Å². The first kappa shape index (κ1) is 17.5. The number of rotatable bonds is 3. The molecule has 3 heterocycles. The van der Waals surface area contributed by atoms with Crippen LogP contribution in [0.4, 0.5) is 5.82 Å². The van der Waals surface area contributed by atoms with Crippen LogP contribution in [-0.4, -0.2) is 47.9 Å². The maximum Gasteiger partial charge on any atom is 0.228 e. The maximum atomic E-state index is 12.8. The minimum Gasteiger partial charge on any atom is -0.342 e. The van der Waals surface area contributed by atoms with Gasteiger partial charge < -0.3 is 15.5 Å². The van der Waals surface area contributed by atoms with E-state index < -0.39 is 0 Å². The Kier molecular flexibility index (Phi) is 4.69. The van der Waals surface area contributed by atoms with Gasteiger partial charge in [-0.25, -0.2) is 4.98 Å². The Morgan fingerprint density at radius 2 is 1.96 bits per heavy atom. The third-order valence-electron chi connectivity index (χ3n) is 6.43. The first-order valence-electron chi connectivity index (χ1n) is 9.80. The predicted octanol–water partition coefficient (Wildman–Crippen LogP) is 1.96. The van der Waals surface area contributed by atoms with Gasteiger partial charge in [0.2, 0.25) is 11.8 Å². The largest absolute Gasteiger partial charge is 0.342 e. The van der Waals surface area contributed by atoms with E-state index in [1.807, 2.05) is 24.0 Å². The lowest BCUT2D eigenvalue weighted by Crippen LogP contribution is -2.43. The van der Waals surface area contributed by atoms with Crippen LogP contribution in [0.1, 0.15) is 37.7 Å². The number of anilines is 1. The molecule has 26 heavy (non-hydrogen) atoms. The molecule has 3 fully saturated rings. The van der Waals surface area contributed by atoms with Crippen molar-refractivity contribution in [1.82, 2.24) is 15.2 Å². The summed E-state index contributed by atoms with van der Waals surface area (Å²) in [6, 6.07) is 3.77. The highest BCUT2D eigenvalue weighted by Crippen LogP contribution is 2.59. The number of nitrogens with one attached hydrogen (secondary N) is 2. The fraction of sp³-hybridized carbons (Fsp3) is 0.650. The van der Waals surface area contributed by atoms with Crippen LogP contribution >= 0.6 is 0 Å². The number of carbonyl (C=O) groups is 2. The second-order valence-corrected chi connectivity index (χ2v) is 8.18. The van der Waals surface area contributed by atoms with Gasteiger partial charge in [-0.05, 0) is 69.2 Å². The molecule has 6 nitrogen and oxygen atoms in total. The summed E-state index contributed by atoms with van der Waals surface area (Å²) >= 11 is 0. The van der Waals surface area contributed by atoms with Crippen LogP contribution in [-0.2, 0) is 9.59 Å². The third-order valence-corrected chi connectivity index (χ3v) is 6.43. The van der Waals surface area contributed by atoms with Crippen LogP contribution in [0.2, 0.25) is 0 Å². The fourth-order valence-electron chi connectivity index (χ4n) is 4.53. The molecule has 6 heteroatoms. The second-order valence-electron chi connectivity index (χ2n) is 8.18. The van der Waals surface area contributed by atoms with Gasteiger partial charge in [-0.3, -0.25) is 9.59 Å². The Morgan fingerprint density at radius 1 is 1.23 bits per heavy atom.